The van der Waals surface area contributed by atoms with Crippen LogP contribution < -0.4 is 0 Å². The maximum absolute atomic E-state index is 13.5. The third-order valence-corrected chi connectivity index (χ3v) is 3.94. The zero-order valence-electron chi connectivity index (χ0n) is 9.83. The Morgan fingerprint density at radius 1 is 1.35 bits per heavy atom. The van der Waals surface area contributed by atoms with Crippen molar-refractivity contribution in [1.29, 1.82) is 0 Å². The van der Waals surface area contributed by atoms with E-state index in [2.05, 4.69) is 0 Å². The summed E-state index contributed by atoms with van der Waals surface area (Å²) in [6.45, 7) is 0. The monoisotopic (exact) mass is 256 g/mol. The third-order valence-electron chi connectivity index (χ3n) is 3.58. The number of rotatable bonds is 4. The van der Waals surface area contributed by atoms with Crippen LogP contribution in [0.5, 0.6) is 0 Å². The third kappa shape index (κ3) is 3.43. The van der Waals surface area contributed by atoms with E-state index >= 15 is 0 Å². The fourth-order valence-corrected chi connectivity index (χ4v) is 2.92. The van der Waals surface area contributed by atoms with Crippen LogP contribution in [-0.2, 0) is 6.42 Å². The van der Waals surface area contributed by atoms with Crippen molar-refractivity contribution in [2.45, 2.75) is 44.6 Å². The highest BCUT2D eigenvalue weighted by molar-refractivity contribution is 6.31. The molecule has 94 valence electrons. The van der Waals surface area contributed by atoms with Gasteiger partial charge >= 0.3 is 0 Å². The largest absolute Gasteiger partial charge is 0.393 e. The first-order chi connectivity index (χ1) is 8.16. The van der Waals surface area contributed by atoms with E-state index in [1.54, 1.807) is 12.1 Å². The van der Waals surface area contributed by atoms with Crippen LogP contribution in [0.2, 0.25) is 5.02 Å². The molecule has 1 N–H and O–H groups in total. The molecule has 1 fully saturated rings. The molecule has 0 saturated heterocycles. The predicted octanol–water partition coefficient (Wildman–Crippen LogP) is 3.96. The van der Waals surface area contributed by atoms with Crippen molar-refractivity contribution in [2.75, 3.05) is 0 Å². The molecule has 1 aromatic rings. The maximum atomic E-state index is 13.5. The Bertz CT molecular complexity index is 354. The second-order valence-electron chi connectivity index (χ2n) is 4.94. The van der Waals surface area contributed by atoms with Crippen molar-refractivity contribution in [3.05, 3.63) is 34.6 Å². The quantitative estimate of drug-likeness (QED) is 0.865. The Morgan fingerprint density at radius 2 is 2.06 bits per heavy atom. The maximum Gasteiger partial charge on any atom is 0.127 e. The summed E-state index contributed by atoms with van der Waals surface area (Å²) in [6.07, 6.45) is 5.53. The van der Waals surface area contributed by atoms with Crippen molar-refractivity contribution in [3.63, 3.8) is 0 Å². The lowest BCUT2D eigenvalue weighted by Crippen LogP contribution is -2.15. The summed E-state index contributed by atoms with van der Waals surface area (Å²) in [7, 11) is 0. The summed E-state index contributed by atoms with van der Waals surface area (Å²) in [5.41, 5.74) is 0.444. The highest BCUT2D eigenvalue weighted by Crippen LogP contribution is 2.30. The summed E-state index contributed by atoms with van der Waals surface area (Å²) in [4.78, 5) is 0. The average Bonchev–Trinajstić information content (AvgIpc) is 2.76. The van der Waals surface area contributed by atoms with Crippen molar-refractivity contribution >= 4 is 11.6 Å². The second-order valence-corrected chi connectivity index (χ2v) is 5.35. The first kappa shape index (κ1) is 12.8. The van der Waals surface area contributed by atoms with Crippen LogP contribution in [0.1, 0.15) is 37.7 Å². The van der Waals surface area contributed by atoms with Gasteiger partial charge in [-0.1, -0.05) is 43.4 Å². The van der Waals surface area contributed by atoms with E-state index < -0.39 is 6.10 Å². The number of benzene rings is 1. The number of halogens is 2. The summed E-state index contributed by atoms with van der Waals surface area (Å²) < 4.78 is 13.5. The van der Waals surface area contributed by atoms with Crippen LogP contribution in [0.25, 0.3) is 0 Å². The van der Waals surface area contributed by atoms with E-state index in [1.807, 2.05) is 0 Å². The van der Waals surface area contributed by atoms with Gasteiger partial charge in [0, 0.05) is 17.0 Å². The molecule has 0 amide bonds. The summed E-state index contributed by atoms with van der Waals surface area (Å²) in [5.74, 6) is 0.290. The molecular weight excluding hydrogens is 239 g/mol. The standard InChI is InChI=1S/C14H18ClFO/c15-13-6-3-7-14(16)12(13)9-11(17)8-10-4-1-2-5-10/h3,6-7,10-11,17H,1-2,4-5,8-9H2. The van der Waals surface area contributed by atoms with Crippen molar-refractivity contribution < 1.29 is 9.50 Å². The molecule has 3 heteroatoms. The van der Waals surface area contributed by atoms with Gasteiger partial charge in [-0.3, -0.25) is 0 Å². The molecule has 1 aliphatic rings. The molecule has 1 atom stereocenters. The van der Waals surface area contributed by atoms with E-state index in [9.17, 15) is 9.50 Å². The molecule has 1 aliphatic carbocycles. The van der Waals surface area contributed by atoms with Gasteiger partial charge in [0.1, 0.15) is 5.82 Å². The molecule has 0 aromatic heterocycles. The van der Waals surface area contributed by atoms with E-state index in [0.717, 1.165) is 6.42 Å². The van der Waals surface area contributed by atoms with Crippen LogP contribution in [0.4, 0.5) is 4.39 Å². The lowest BCUT2D eigenvalue weighted by atomic mass is 9.96. The van der Waals surface area contributed by atoms with Crippen LogP contribution in [0.15, 0.2) is 18.2 Å². The minimum Gasteiger partial charge on any atom is -0.393 e. The SMILES string of the molecule is OC(Cc1c(F)cccc1Cl)CC1CCCC1. The van der Waals surface area contributed by atoms with Gasteiger partial charge in [-0.2, -0.15) is 0 Å². The van der Waals surface area contributed by atoms with Gasteiger partial charge in [0.15, 0.2) is 0 Å². The Morgan fingerprint density at radius 3 is 2.71 bits per heavy atom. The molecular formula is C14H18ClFO. The van der Waals surface area contributed by atoms with E-state index in [0.29, 0.717) is 22.9 Å². The normalized spacial score (nSPS) is 18.5. The smallest absolute Gasteiger partial charge is 0.127 e. The number of hydrogen-bond acceptors (Lipinski definition) is 1. The lowest BCUT2D eigenvalue weighted by Gasteiger charge is -2.16. The molecule has 1 nitrogen and oxygen atoms in total. The van der Waals surface area contributed by atoms with Gasteiger partial charge < -0.3 is 5.11 Å². The average molecular weight is 257 g/mol. The summed E-state index contributed by atoms with van der Waals surface area (Å²) in [5, 5.41) is 10.4. The van der Waals surface area contributed by atoms with Crippen LogP contribution in [0.3, 0.4) is 0 Å². The molecule has 0 bridgehead atoms. The predicted molar refractivity (Wildman–Crippen MR) is 67.7 cm³/mol. The van der Waals surface area contributed by atoms with Crippen LogP contribution >= 0.6 is 11.6 Å². The van der Waals surface area contributed by atoms with Crippen LogP contribution in [-0.4, -0.2) is 11.2 Å². The van der Waals surface area contributed by atoms with Crippen molar-refractivity contribution in [3.8, 4) is 0 Å². The molecule has 2 rings (SSSR count). The lowest BCUT2D eigenvalue weighted by molar-refractivity contribution is 0.142. The first-order valence-electron chi connectivity index (χ1n) is 6.27. The fourth-order valence-electron chi connectivity index (χ4n) is 2.68. The van der Waals surface area contributed by atoms with Gasteiger partial charge in [0.2, 0.25) is 0 Å². The minimum absolute atomic E-state index is 0.317. The van der Waals surface area contributed by atoms with Crippen molar-refractivity contribution in [2.24, 2.45) is 5.92 Å². The topological polar surface area (TPSA) is 20.2 Å². The molecule has 1 saturated carbocycles. The Kier molecular flexibility index (Phi) is 4.41. The Hall–Kier alpha value is -0.600. The summed E-state index contributed by atoms with van der Waals surface area (Å²) >= 11 is 5.94. The minimum atomic E-state index is -0.479. The first-order valence-corrected chi connectivity index (χ1v) is 6.65. The molecule has 0 radical (unpaired) electrons. The molecule has 0 spiro atoms. The summed E-state index contributed by atoms with van der Waals surface area (Å²) in [6, 6.07) is 4.65. The highest BCUT2D eigenvalue weighted by Gasteiger charge is 2.20. The molecule has 17 heavy (non-hydrogen) atoms. The molecule has 0 heterocycles. The van der Waals surface area contributed by atoms with Gasteiger partial charge in [0.05, 0.1) is 6.10 Å². The second kappa shape index (κ2) is 5.83. The number of hydrogen-bond donors (Lipinski definition) is 1. The van der Waals surface area contributed by atoms with Gasteiger partial charge in [-0.15, -0.1) is 0 Å². The highest BCUT2D eigenvalue weighted by atomic mass is 35.5. The van der Waals surface area contributed by atoms with Gasteiger partial charge in [-0.25, -0.2) is 4.39 Å². The fraction of sp³-hybridized carbons (Fsp3) is 0.571. The Labute approximate surface area is 107 Å². The Balaban J connectivity index is 1.95. The van der Waals surface area contributed by atoms with Crippen molar-refractivity contribution in [1.82, 2.24) is 0 Å². The van der Waals surface area contributed by atoms with E-state index in [-0.39, 0.29) is 5.82 Å². The van der Waals surface area contributed by atoms with Gasteiger partial charge in [-0.05, 0) is 24.5 Å². The number of aliphatic hydroxyl groups excluding tert-OH is 1. The molecule has 1 unspecified atom stereocenters. The van der Waals surface area contributed by atoms with Gasteiger partial charge in [0.25, 0.3) is 0 Å². The zero-order chi connectivity index (χ0) is 12.3. The molecule has 1 aromatic carbocycles. The number of aliphatic hydroxyl groups is 1. The molecule has 0 aliphatic heterocycles. The van der Waals surface area contributed by atoms with Crippen LogP contribution in [0, 0.1) is 11.7 Å². The van der Waals surface area contributed by atoms with E-state index in [4.69, 9.17) is 11.6 Å². The van der Waals surface area contributed by atoms with E-state index in [1.165, 1.54) is 31.7 Å². The zero-order valence-corrected chi connectivity index (χ0v) is 10.6.